The van der Waals surface area contributed by atoms with Gasteiger partial charge < -0.3 is 43.9 Å². The second-order valence-corrected chi connectivity index (χ2v) is 10.4. The number of carbonyl (C=O) groups excluding carboxylic acids is 1. The van der Waals surface area contributed by atoms with Crippen LogP contribution in [0.4, 0.5) is 23.5 Å². The number of hydrogen-bond acceptors (Lipinski definition) is 13. The molecule has 44 heavy (non-hydrogen) atoms. The average Bonchev–Trinajstić information content (AvgIpc) is 3.05. The molecule has 0 unspecified atom stereocenters. The minimum Gasteiger partial charge on any atom is -0.383 e. The summed E-state index contributed by atoms with van der Waals surface area (Å²) in [5.74, 6) is 2.14. The minimum atomic E-state index is 0.0127. The number of hydrogen-bond donors (Lipinski definition) is 1. The third kappa shape index (κ3) is 8.62. The van der Waals surface area contributed by atoms with Gasteiger partial charge in [0.1, 0.15) is 11.0 Å². The van der Waals surface area contributed by atoms with Gasteiger partial charge in [-0.3, -0.25) is 4.79 Å². The number of amides is 1. The highest BCUT2D eigenvalue weighted by molar-refractivity contribution is 5.96. The number of aromatic nitrogens is 4. The Morgan fingerprint density at radius 2 is 1.30 bits per heavy atom. The molecule has 0 aliphatic carbocycles. The highest BCUT2D eigenvalue weighted by Crippen LogP contribution is 2.32. The molecule has 0 spiro atoms. The van der Waals surface area contributed by atoms with Crippen LogP contribution in [0.25, 0.3) is 11.0 Å². The number of ether oxygens (including phenoxy) is 4. The van der Waals surface area contributed by atoms with E-state index in [9.17, 15) is 4.79 Å². The van der Waals surface area contributed by atoms with Crippen LogP contribution in [0.3, 0.4) is 0 Å². The molecule has 4 rings (SSSR count). The quantitative estimate of drug-likeness (QED) is 0.223. The Kier molecular flexibility index (Phi) is 12.7. The number of nitrogens with one attached hydrogen (secondary N) is 1. The smallest absolute Gasteiger partial charge is 0.241 e. The molecule has 14 heteroatoms. The van der Waals surface area contributed by atoms with Gasteiger partial charge in [-0.05, 0) is 5.56 Å². The number of piperazine rings is 1. The molecule has 3 heterocycles. The first-order valence-corrected chi connectivity index (χ1v) is 14.8. The first-order chi connectivity index (χ1) is 21.5. The molecule has 0 atom stereocenters. The van der Waals surface area contributed by atoms with Gasteiger partial charge in [0.2, 0.25) is 17.8 Å². The lowest BCUT2D eigenvalue weighted by molar-refractivity contribution is -0.129. The lowest BCUT2D eigenvalue weighted by Crippen LogP contribution is -2.49. The number of carbonyl (C=O) groups is 1. The fourth-order valence-electron chi connectivity index (χ4n) is 4.75. The molecule has 3 aromatic rings. The number of benzene rings is 1. The van der Waals surface area contributed by atoms with E-state index in [1.807, 2.05) is 39.9 Å². The predicted molar refractivity (Wildman–Crippen MR) is 171 cm³/mol. The van der Waals surface area contributed by atoms with Crippen LogP contribution in [0.1, 0.15) is 5.56 Å². The Morgan fingerprint density at radius 3 is 1.84 bits per heavy atom. The van der Waals surface area contributed by atoms with Gasteiger partial charge in [-0.15, -0.1) is 0 Å². The zero-order valence-corrected chi connectivity index (χ0v) is 26.5. The average molecular weight is 612 g/mol. The van der Waals surface area contributed by atoms with E-state index in [4.69, 9.17) is 38.9 Å². The van der Waals surface area contributed by atoms with E-state index in [1.54, 1.807) is 33.3 Å². The summed E-state index contributed by atoms with van der Waals surface area (Å²) >= 11 is 0. The molecule has 1 aliphatic rings. The first kappa shape index (κ1) is 33.1. The van der Waals surface area contributed by atoms with Crippen molar-refractivity contribution in [1.29, 1.82) is 0 Å². The number of anilines is 4. The summed E-state index contributed by atoms with van der Waals surface area (Å²) in [4.78, 5) is 40.8. The van der Waals surface area contributed by atoms with E-state index >= 15 is 0 Å². The van der Waals surface area contributed by atoms with Crippen LogP contribution in [0.5, 0.6) is 0 Å². The van der Waals surface area contributed by atoms with E-state index in [2.05, 4.69) is 17.4 Å². The van der Waals surface area contributed by atoms with E-state index in [0.717, 1.165) is 5.56 Å². The molecule has 1 aliphatic heterocycles. The van der Waals surface area contributed by atoms with Crippen molar-refractivity contribution >= 4 is 40.5 Å². The van der Waals surface area contributed by atoms with Gasteiger partial charge in [-0.1, -0.05) is 30.3 Å². The molecule has 1 fully saturated rings. The van der Waals surface area contributed by atoms with Crippen molar-refractivity contribution in [1.82, 2.24) is 24.8 Å². The third-order valence-electron chi connectivity index (χ3n) is 7.39. The highest BCUT2D eigenvalue weighted by atomic mass is 16.5. The van der Waals surface area contributed by atoms with Gasteiger partial charge >= 0.3 is 0 Å². The van der Waals surface area contributed by atoms with Gasteiger partial charge in [-0.2, -0.15) is 9.97 Å². The van der Waals surface area contributed by atoms with Crippen molar-refractivity contribution in [3.05, 3.63) is 35.9 Å². The zero-order chi connectivity index (χ0) is 31.3. The van der Waals surface area contributed by atoms with Crippen molar-refractivity contribution in [2.24, 2.45) is 0 Å². The van der Waals surface area contributed by atoms with Crippen LogP contribution in [0.2, 0.25) is 0 Å². The Bertz CT molecular complexity index is 1320. The van der Waals surface area contributed by atoms with Gasteiger partial charge in [0.05, 0.1) is 33.0 Å². The Hall–Kier alpha value is -3.85. The monoisotopic (exact) mass is 611 g/mol. The molecule has 1 aromatic carbocycles. The van der Waals surface area contributed by atoms with E-state index in [1.165, 1.54) is 0 Å². The Morgan fingerprint density at radius 1 is 0.750 bits per heavy atom. The normalized spacial score (nSPS) is 13.5. The van der Waals surface area contributed by atoms with Crippen LogP contribution >= 0.6 is 0 Å². The molecule has 0 saturated carbocycles. The lowest BCUT2D eigenvalue weighted by atomic mass is 10.2. The Balaban J connectivity index is 1.91. The summed E-state index contributed by atoms with van der Waals surface area (Å²) in [7, 11) is 8.47. The van der Waals surface area contributed by atoms with Gasteiger partial charge in [0.15, 0.2) is 11.6 Å². The van der Waals surface area contributed by atoms with Crippen molar-refractivity contribution in [3.63, 3.8) is 0 Å². The Labute approximate surface area is 259 Å². The fraction of sp³-hybridized carbons (Fsp3) is 0.567. The van der Waals surface area contributed by atoms with E-state index in [0.29, 0.717) is 107 Å². The van der Waals surface area contributed by atoms with Crippen molar-refractivity contribution in [2.75, 3.05) is 128 Å². The standard InChI is InChI=1S/C30H45N9O5/c1-36-11-12-39(22-24(36)40)28-26-25(32-30(35-28)38(15-19-43-4)16-20-44-5)27(31-21-23-9-7-6-8-10-23)34-29(33-26)37(13-17-41-2)14-18-42-3/h6-10H,11-22H2,1-5H3,(H,31,33,34). The summed E-state index contributed by atoms with van der Waals surface area (Å²) < 4.78 is 21.6. The molecule has 1 amide bonds. The lowest BCUT2D eigenvalue weighted by Gasteiger charge is -2.34. The maximum atomic E-state index is 12.9. The molecular weight excluding hydrogens is 566 g/mol. The maximum Gasteiger partial charge on any atom is 0.241 e. The SMILES string of the molecule is COCCN(CCOC)c1nc(N2CCN(C)C(=O)C2)c2nc(N(CCOC)CCOC)nc(NCc3ccccc3)c2n1. The minimum absolute atomic E-state index is 0.0127. The van der Waals surface area contributed by atoms with Gasteiger partial charge in [0.25, 0.3) is 0 Å². The molecular formula is C30H45N9O5. The zero-order valence-electron chi connectivity index (χ0n) is 26.5. The summed E-state index contributed by atoms with van der Waals surface area (Å²) in [6.07, 6.45) is 0. The van der Waals surface area contributed by atoms with Crippen LogP contribution in [-0.4, -0.2) is 138 Å². The largest absolute Gasteiger partial charge is 0.383 e. The van der Waals surface area contributed by atoms with Gasteiger partial charge in [-0.25, -0.2) is 9.97 Å². The number of nitrogens with zero attached hydrogens (tertiary/aromatic N) is 8. The molecule has 240 valence electrons. The van der Waals surface area contributed by atoms with Crippen molar-refractivity contribution < 1.29 is 23.7 Å². The van der Waals surface area contributed by atoms with Crippen molar-refractivity contribution in [2.45, 2.75) is 6.54 Å². The first-order valence-electron chi connectivity index (χ1n) is 14.8. The van der Waals surface area contributed by atoms with Crippen LogP contribution in [0.15, 0.2) is 30.3 Å². The molecule has 2 aromatic heterocycles. The summed E-state index contributed by atoms with van der Waals surface area (Å²) in [5.41, 5.74) is 2.22. The molecule has 0 bridgehead atoms. The third-order valence-corrected chi connectivity index (χ3v) is 7.39. The number of fused-ring (bicyclic) bond motifs is 1. The van der Waals surface area contributed by atoms with Crippen LogP contribution in [-0.2, 0) is 30.3 Å². The molecule has 1 saturated heterocycles. The number of rotatable bonds is 18. The summed E-state index contributed by atoms with van der Waals surface area (Å²) in [5, 5.41) is 3.52. The number of methoxy groups -OCH3 is 4. The summed E-state index contributed by atoms with van der Waals surface area (Å²) in [6.45, 7) is 6.06. The fourth-order valence-corrected chi connectivity index (χ4v) is 4.75. The topological polar surface area (TPSA) is 131 Å². The second kappa shape index (κ2) is 16.9. The highest BCUT2D eigenvalue weighted by Gasteiger charge is 2.28. The molecule has 1 N–H and O–H groups in total. The van der Waals surface area contributed by atoms with Crippen LogP contribution in [0, 0.1) is 0 Å². The number of likely N-dealkylation sites (N-methyl/N-ethyl adjacent to an activating group) is 1. The van der Waals surface area contributed by atoms with E-state index < -0.39 is 0 Å². The second-order valence-electron chi connectivity index (χ2n) is 10.4. The molecule has 0 radical (unpaired) electrons. The van der Waals surface area contributed by atoms with E-state index in [-0.39, 0.29) is 12.5 Å². The van der Waals surface area contributed by atoms with Crippen LogP contribution < -0.4 is 20.0 Å². The summed E-state index contributed by atoms with van der Waals surface area (Å²) in [6, 6.07) is 10.1. The van der Waals surface area contributed by atoms with Gasteiger partial charge in [0, 0.05) is 81.3 Å². The van der Waals surface area contributed by atoms with Crippen molar-refractivity contribution in [3.8, 4) is 0 Å². The molecule has 14 nitrogen and oxygen atoms in total. The predicted octanol–water partition coefficient (Wildman–Crippen LogP) is 1.51. The maximum absolute atomic E-state index is 12.9.